The van der Waals surface area contributed by atoms with Crippen LogP contribution >= 0.6 is 0 Å². The van der Waals surface area contributed by atoms with Crippen LogP contribution in [-0.2, 0) is 16.3 Å². The van der Waals surface area contributed by atoms with Crippen LogP contribution in [-0.4, -0.2) is 42.1 Å². The predicted octanol–water partition coefficient (Wildman–Crippen LogP) is -0.573. The fourth-order valence-corrected chi connectivity index (χ4v) is 1.57. The van der Waals surface area contributed by atoms with E-state index in [0.29, 0.717) is 0 Å². The summed E-state index contributed by atoms with van der Waals surface area (Å²) in [5, 5.41) is 12.5. The first kappa shape index (κ1) is 14.1. The summed E-state index contributed by atoms with van der Waals surface area (Å²) in [5.41, 5.74) is 4.21. The third kappa shape index (κ3) is 3.76. The van der Waals surface area contributed by atoms with E-state index in [1.807, 2.05) is 0 Å². The summed E-state index contributed by atoms with van der Waals surface area (Å²) < 4.78 is 27.5. The van der Waals surface area contributed by atoms with E-state index in [2.05, 4.69) is 10.1 Å². The van der Waals surface area contributed by atoms with Crippen LogP contribution in [0.3, 0.4) is 0 Å². The minimum absolute atomic E-state index is 0.0480. The van der Waals surface area contributed by atoms with Crippen molar-refractivity contribution in [3.05, 3.63) is 11.7 Å². The summed E-state index contributed by atoms with van der Waals surface area (Å²) in [7, 11) is -3.26. The van der Waals surface area contributed by atoms with Crippen LogP contribution in [0, 0.1) is 0 Å². The zero-order chi connectivity index (χ0) is 13.3. The monoisotopic (exact) mass is 263 g/mol. The molecule has 0 amide bonds. The van der Waals surface area contributed by atoms with Crippen LogP contribution in [0.1, 0.15) is 30.8 Å². The van der Waals surface area contributed by atoms with Gasteiger partial charge in [-0.05, 0) is 13.8 Å². The lowest BCUT2D eigenvalue weighted by Crippen LogP contribution is -2.36. The van der Waals surface area contributed by atoms with Crippen molar-refractivity contribution in [3.63, 3.8) is 0 Å². The SMILES string of the molecule is CC(c1noc(CC(C)(O)CN)n1)S(C)(=O)=O. The van der Waals surface area contributed by atoms with Gasteiger partial charge in [-0.25, -0.2) is 8.42 Å². The van der Waals surface area contributed by atoms with Gasteiger partial charge in [0, 0.05) is 12.8 Å². The van der Waals surface area contributed by atoms with Gasteiger partial charge in [0.05, 0.1) is 12.0 Å². The molecule has 0 aliphatic rings. The Labute approximate surface area is 99.9 Å². The Balaban J connectivity index is 2.86. The Morgan fingerprint density at radius 2 is 2.18 bits per heavy atom. The van der Waals surface area contributed by atoms with Gasteiger partial charge in [0.25, 0.3) is 0 Å². The van der Waals surface area contributed by atoms with Crippen molar-refractivity contribution in [1.82, 2.24) is 10.1 Å². The largest absolute Gasteiger partial charge is 0.388 e. The molecule has 2 atom stereocenters. The molecule has 1 aromatic rings. The van der Waals surface area contributed by atoms with Gasteiger partial charge in [-0.15, -0.1) is 0 Å². The number of hydrogen-bond donors (Lipinski definition) is 2. The highest BCUT2D eigenvalue weighted by Gasteiger charge is 2.26. The molecule has 0 fully saturated rings. The summed E-state index contributed by atoms with van der Waals surface area (Å²) in [5.74, 6) is 0.265. The number of aromatic nitrogens is 2. The molecule has 0 aromatic carbocycles. The smallest absolute Gasteiger partial charge is 0.229 e. The standard InChI is InChI=1S/C9H17N3O4S/c1-6(17(3,14)15)8-11-7(16-12-8)4-9(2,13)5-10/h6,13H,4-5,10H2,1-3H3. The Kier molecular flexibility index (Phi) is 3.90. The van der Waals surface area contributed by atoms with Crippen molar-refractivity contribution >= 4 is 9.84 Å². The van der Waals surface area contributed by atoms with E-state index in [0.717, 1.165) is 6.26 Å². The van der Waals surface area contributed by atoms with Crippen molar-refractivity contribution in [1.29, 1.82) is 0 Å². The average Bonchev–Trinajstić information content (AvgIpc) is 2.63. The maximum Gasteiger partial charge on any atom is 0.229 e. The van der Waals surface area contributed by atoms with Crippen molar-refractivity contribution in [2.45, 2.75) is 31.1 Å². The number of hydrogen-bond acceptors (Lipinski definition) is 7. The Hall–Kier alpha value is -0.990. The molecule has 1 rings (SSSR count). The number of nitrogens with zero attached hydrogens (tertiary/aromatic N) is 2. The topological polar surface area (TPSA) is 119 Å². The molecule has 2 unspecified atom stereocenters. The van der Waals surface area contributed by atoms with E-state index in [9.17, 15) is 13.5 Å². The van der Waals surface area contributed by atoms with Gasteiger partial charge >= 0.3 is 0 Å². The number of rotatable bonds is 5. The molecule has 0 saturated heterocycles. The highest BCUT2D eigenvalue weighted by atomic mass is 32.2. The maximum atomic E-state index is 11.3. The summed E-state index contributed by atoms with van der Waals surface area (Å²) in [4.78, 5) is 3.94. The lowest BCUT2D eigenvalue weighted by atomic mass is 10.0. The zero-order valence-electron chi connectivity index (χ0n) is 10.0. The second-order valence-electron chi connectivity index (χ2n) is 4.40. The molecular weight excluding hydrogens is 246 g/mol. The fourth-order valence-electron chi connectivity index (χ4n) is 1.09. The average molecular weight is 263 g/mol. The molecule has 3 N–H and O–H groups in total. The lowest BCUT2D eigenvalue weighted by molar-refractivity contribution is 0.0610. The van der Waals surface area contributed by atoms with Crippen molar-refractivity contribution in [2.24, 2.45) is 5.73 Å². The van der Waals surface area contributed by atoms with Gasteiger partial charge in [0.15, 0.2) is 15.7 Å². The van der Waals surface area contributed by atoms with Crippen molar-refractivity contribution in [2.75, 3.05) is 12.8 Å². The molecular formula is C9H17N3O4S. The molecule has 1 aromatic heterocycles. The molecule has 7 nitrogen and oxygen atoms in total. The minimum Gasteiger partial charge on any atom is -0.388 e. The van der Waals surface area contributed by atoms with E-state index in [-0.39, 0.29) is 24.7 Å². The highest BCUT2D eigenvalue weighted by Crippen LogP contribution is 2.19. The second kappa shape index (κ2) is 4.71. The van der Waals surface area contributed by atoms with Crippen LogP contribution in [0.5, 0.6) is 0 Å². The first-order chi connectivity index (χ1) is 7.65. The summed E-state index contributed by atoms with van der Waals surface area (Å²) in [6.45, 7) is 3.06. The molecule has 0 bridgehead atoms. The molecule has 0 aliphatic heterocycles. The molecule has 17 heavy (non-hydrogen) atoms. The first-order valence-corrected chi connectivity index (χ1v) is 7.05. The van der Waals surface area contributed by atoms with E-state index in [1.165, 1.54) is 13.8 Å². The van der Waals surface area contributed by atoms with Crippen molar-refractivity contribution < 1.29 is 18.0 Å². The number of sulfone groups is 1. The highest BCUT2D eigenvalue weighted by molar-refractivity contribution is 7.90. The summed E-state index contributed by atoms with van der Waals surface area (Å²) >= 11 is 0. The molecule has 0 spiro atoms. The van der Waals surface area contributed by atoms with Gasteiger partial charge in [-0.1, -0.05) is 5.16 Å². The molecule has 98 valence electrons. The normalized spacial score (nSPS) is 17.7. The Morgan fingerprint density at radius 1 is 1.59 bits per heavy atom. The molecule has 0 saturated carbocycles. The van der Waals surface area contributed by atoms with E-state index in [1.54, 1.807) is 0 Å². The van der Waals surface area contributed by atoms with Crippen LogP contribution in [0.4, 0.5) is 0 Å². The molecule has 1 heterocycles. The molecule has 0 radical (unpaired) electrons. The van der Waals surface area contributed by atoms with Gasteiger partial charge in [0.2, 0.25) is 5.89 Å². The quantitative estimate of drug-likeness (QED) is 0.729. The summed E-state index contributed by atoms with van der Waals surface area (Å²) in [6, 6.07) is 0. The van der Waals surface area contributed by atoms with Crippen LogP contribution < -0.4 is 5.73 Å². The molecule has 8 heteroatoms. The van der Waals surface area contributed by atoms with Crippen LogP contribution in [0.2, 0.25) is 0 Å². The second-order valence-corrected chi connectivity index (χ2v) is 6.76. The first-order valence-electron chi connectivity index (χ1n) is 5.09. The number of aliphatic hydroxyl groups is 1. The minimum atomic E-state index is -3.26. The zero-order valence-corrected chi connectivity index (χ0v) is 10.9. The third-order valence-corrected chi connectivity index (χ3v) is 3.96. The van der Waals surface area contributed by atoms with Crippen molar-refractivity contribution in [3.8, 4) is 0 Å². The predicted molar refractivity (Wildman–Crippen MR) is 60.9 cm³/mol. The van der Waals surface area contributed by atoms with Crippen LogP contribution in [0.15, 0.2) is 4.52 Å². The maximum absolute atomic E-state index is 11.3. The van der Waals surface area contributed by atoms with Gasteiger partial charge < -0.3 is 15.4 Å². The third-order valence-electron chi connectivity index (χ3n) is 2.46. The van der Waals surface area contributed by atoms with Gasteiger partial charge in [-0.3, -0.25) is 0 Å². The van der Waals surface area contributed by atoms with Gasteiger partial charge in [-0.2, -0.15) is 4.98 Å². The molecule has 0 aliphatic carbocycles. The fraction of sp³-hybridized carbons (Fsp3) is 0.778. The van der Waals surface area contributed by atoms with E-state index < -0.39 is 20.7 Å². The van der Waals surface area contributed by atoms with Gasteiger partial charge in [0.1, 0.15) is 5.25 Å². The Bertz CT molecular complexity index is 480. The van der Waals surface area contributed by atoms with E-state index >= 15 is 0 Å². The lowest BCUT2D eigenvalue weighted by Gasteiger charge is -2.17. The van der Waals surface area contributed by atoms with Crippen LogP contribution in [0.25, 0.3) is 0 Å². The Morgan fingerprint density at radius 3 is 2.65 bits per heavy atom. The van der Waals surface area contributed by atoms with E-state index in [4.69, 9.17) is 10.3 Å². The number of nitrogens with two attached hydrogens (primary N) is 1. The summed E-state index contributed by atoms with van der Waals surface area (Å²) in [6.07, 6.45) is 1.19.